The molecule has 2 aliphatic heterocycles. The molecule has 9 heteroatoms. The molecule has 0 bridgehead atoms. The summed E-state index contributed by atoms with van der Waals surface area (Å²) in [5.41, 5.74) is 2.80. The molecule has 2 aromatic rings. The van der Waals surface area contributed by atoms with E-state index >= 15 is 0 Å². The van der Waals surface area contributed by atoms with Crippen LogP contribution in [0.5, 0.6) is 0 Å². The summed E-state index contributed by atoms with van der Waals surface area (Å²) in [4.78, 5) is 16.5. The number of guanidine groups is 1. The van der Waals surface area contributed by atoms with Gasteiger partial charge in [0, 0.05) is 64.3 Å². The first kappa shape index (κ1) is 25.2. The Labute approximate surface area is 213 Å². The van der Waals surface area contributed by atoms with E-state index in [1.165, 1.54) is 55.0 Å². The summed E-state index contributed by atoms with van der Waals surface area (Å²) >= 11 is 1.52. The number of aliphatic imine (C=N–C) groups is 1. The quantitative estimate of drug-likeness (QED) is 0.326. The summed E-state index contributed by atoms with van der Waals surface area (Å²) in [6, 6.07) is 8.83. The number of hydrogen-bond acceptors (Lipinski definition) is 6. The molecule has 176 valence electrons. The van der Waals surface area contributed by atoms with Gasteiger partial charge in [0.1, 0.15) is 5.82 Å². The zero-order valence-electron chi connectivity index (χ0n) is 19.3. The number of nitrogens with one attached hydrogen (secondary N) is 1. The molecule has 0 saturated carbocycles. The number of likely N-dealkylation sites (tertiary alicyclic amines) is 1. The summed E-state index contributed by atoms with van der Waals surface area (Å²) in [7, 11) is 1.88. The highest BCUT2D eigenvalue weighted by molar-refractivity contribution is 14.0. The largest absolute Gasteiger partial charge is 0.352 e. The van der Waals surface area contributed by atoms with Gasteiger partial charge in [0.25, 0.3) is 0 Å². The van der Waals surface area contributed by atoms with Gasteiger partial charge in [0.2, 0.25) is 5.13 Å². The molecular weight excluding hydrogens is 533 g/mol. The van der Waals surface area contributed by atoms with Gasteiger partial charge in [-0.25, -0.2) is 4.98 Å². The lowest BCUT2D eigenvalue weighted by molar-refractivity contribution is 0.220. The molecular formula is C23H36IN7S. The molecule has 32 heavy (non-hydrogen) atoms. The Hall–Kier alpha value is -1.46. The van der Waals surface area contributed by atoms with Crippen molar-refractivity contribution in [3.8, 4) is 0 Å². The van der Waals surface area contributed by atoms with E-state index in [-0.39, 0.29) is 24.0 Å². The molecule has 1 aromatic carbocycles. The van der Waals surface area contributed by atoms with Crippen LogP contribution in [0, 0.1) is 0 Å². The van der Waals surface area contributed by atoms with Crippen LogP contribution in [0.1, 0.15) is 43.1 Å². The van der Waals surface area contributed by atoms with E-state index < -0.39 is 0 Å². The van der Waals surface area contributed by atoms with E-state index in [2.05, 4.69) is 65.6 Å². The van der Waals surface area contributed by atoms with Crippen LogP contribution < -0.4 is 10.2 Å². The van der Waals surface area contributed by atoms with Crippen molar-refractivity contribution in [2.75, 3.05) is 51.2 Å². The first-order chi connectivity index (χ1) is 15.3. The minimum atomic E-state index is 0. The molecule has 0 radical (unpaired) electrons. The Balaban J connectivity index is 0.00000289. The van der Waals surface area contributed by atoms with Crippen molar-refractivity contribution in [2.24, 2.45) is 4.99 Å². The SMILES string of the molecule is CCc1nsc(N2CCN(C(=NC)NCc3ccccc3CN3CCCCC3)CC2)n1.I. The van der Waals surface area contributed by atoms with Crippen molar-refractivity contribution < 1.29 is 0 Å². The average Bonchev–Trinajstić information content (AvgIpc) is 3.31. The maximum atomic E-state index is 4.64. The highest BCUT2D eigenvalue weighted by atomic mass is 127. The molecule has 3 heterocycles. The van der Waals surface area contributed by atoms with Crippen LogP contribution in [0.25, 0.3) is 0 Å². The molecule has 2 aliphatic rings. The van der Waals surface area contributed by atoms with Gasteiger partial charge in [-0.05, 0) is 37.1 Å². The minimum absolute atomic E-state index is 0. The van der Waals surface area contributed by atoms with E-state index in [0.717, 1.165) is 62.6 Å². The van der Waals surface area contributed by atoms with Crippen LogP contribution in [0.4, 0.5) is 5.13 Å². The number of hydrogen-bond donors (Lipinski definition) is 1. The van der Waals surface area contributed by atoms with Crippen LogP contribution in [0.15, 0.2) is 29.3 Å². The van der Waals surface area contributed by atoms with Crippen molar-refractivity contribution in [3.05, 3.63) is 41.2 Å². The number of benzene rings is 1. The maximum Gasteiger partial charge on any atom is 0.205 e. The zero-order chi connectivity index (χ0) is 21.5. The van der Waals surface area contributed by atoms with Gasteiger partial charge in [0.05, 0.1) is 0 Å². The van der Waals surface area contributed by atoms with E-state index in [1.54, 1.807) is 0 Å². The lowest BCUT2D eigenvalue weighted by Crippen LogP contribution is -2.52. The Morgan fingerprint density at radius 2 is 1.75 bits per heavy atom. The number of anilines is 1. The number of piperidine rings is 1. The Bertz CT molecular complexity index is 858. The van der Waals surface area contributed by atoms with Gasteiger partial charge < -0.3 is 15.1 Å². The van der Waals surface area contributed by atoms with Crippen molar-refractivity contribution >= 4 is 46.6 Å². The van der Waals surface area contributed by atoms with Gasteiger partial charge in [-0.1, -0.05) is 37.6 Å². The average molecular weight is 570 g/mol. The maximum absolute atomic E-state index is 4.64. The standard InChI is InChI=1S/C23H35N7S.HI/c1-3-21-26-23(31-27-21)30-15-13-29(14-16-30)22(24-2)25-17-19-9-5-6-10-20(19)18-28-11-7-4-8-12-28;/h5-6,9-10H,3-4,7-8,11-18H2,1-2H3,(H,24,25);1H. The molecule has 1 N–H and O–H groups in total. The molecule has 4 rings (SSSR count). The monoisotopic (exact) mass is 569 g/mol. The second-order valence-electron chi connectivity index (χ2n) is 8.33. The lowest BCUT2D eigenvalue weighted by Gasteiger charge is -2.36. The normalized spacial score (nSPS) is 17.9. The number of piperazine rings is 1. The van der Waals surface area contributed by atoms with Crippen LogP contribution in [0.2, 0.25) is 0 Å². The topological polar surface area (TPSA) is 59.9 Å². The fraction of sp³-hybridized carbons (Fsp3) is 0.609. The highest BCUT2D eigenvalue weighted by Crippen LogP contribution is 2.20. The van der Waals surface area contributed by atoms with Crippen molar-refractivity contribution in [3.63, 3.8) is 0 Å². The van der Waals surface area contributed by atoms with E-state index in [0.29, 0.717) is 0 Å². The second kappa shape index (κ2) is 12.7. The number of halogens is 1. The molecule has 0 aliphatic carbocycles. The summed E-state index contributed by atoms with van der Waals surface area (Å²) in [6.45, 7) is 10.2. The van der Waals surface area contributed by atoms with Gasteiger partial charge >= 0.3 is 0 Å². The Morgan fingerprint density at radius 1 is 1.03 bits per heavy atom. The van der Waals surface area contributed by atoms with Crippen molar-refractivity contribution in [1.29, 1.82) is 0 Å². The lowest BCUT2D eigenvalue weighted by atomic mass is 10.0. The third kappa shape index (κ3) is 6.54. The van der Waals surface area contributed by atoms with Crippen LogP contribution in [-0.4, -0.2) is 71.4 Å². The Morgan fingerprint density at radius 3 is 2.41 bits per heavy atom. The molecule has 1 aromatic heterocycles. The minimum Gasteiger partial charge on any atom is -0.352 e. The Kier molecular flexibility index (Phi) is 9.98. The van der Waals surface area contributed by atoms with Crippen LogP contribution in [0.3, 0.4) is 0 Å². The number of rotatable bonds is 6. The van der Waals surface area contributed by atoms with Gasteiger partial charge in [-0.3, -0.25) is 9.89 Å². The molecule has 0 spiro atoms. The van der Waals surface area contributed by atoms with Gasteiger partial charge in [0.15, 0.2) is 5.96 Å². The van der Waals surface area contributed by atoms with Gasteiger partial charge in [-0.2, -0.15) is 4.37 Å². The molecule has 2 fully saturated rings. The molecule has 0 amide bonds. The predicted octanol–water partition coefficient (Wildman–Crippen LogP) is 3.60. The third-order valence-electron chi connectivity index (χ3n) is 6.23. The van der Waals surface area contributed by atoms with E-state index in [1.807, 2.05) is 7.05 Å². The van der Waals surface area contributed by atoms with Crippen LogP contribution >= 0.6 is 35.5 Å². The summed E-state index contributed by atoms with van der Waals surface area (Å²) in [5, 5.41) is 4.66. The number of nitrogens with zero attached hydrogens (tertiary/aromatic N) is 6. The summed E-state index contributed by atoms with van der Waals surface area (Å²) < 4.78 is 4.43. The summed E-state index contributed by atoms with van der Waals surface area (Å²) in [5.74, 6) is 1.93. The first-order valence-electron chi connectivity index (χ1n) is 11.6. The number of aromatic nitrogens is 2. The van der Waals surface area contributed by atoms with Gasteiger partial charge in [-0.15, -0.1) is 24.0 Å². The zero-order valence-corrected chi connectivity index (χ0v) is 22.4. The summed E-state index contributed by atoms with van der Waals surface area (Å²) in [6.07, 6.45) is 4.93. The van der Waals surface area contributed by atoms with Crippen molar-refractivity contribution in [1.82, 2.24) is 24.5 Å². The smallest absolute Gasteiger partial charge is 0.205 e. The van der Waals surface area contributed by atoms with Crippen molar-refractivity contribution in [2.45, 2.75) is 45.7 Å². The number of aryl methyl sites for hydroxylation is 1. The van der Waals surface area contributed by atoms with E-state index in [4.69, 9.17) is 0 Å². The first-order valence-corrected chi connectivity index (χ1v) is 12.4. The fourth-order valence-electron chi connectivity index (χ4n) is 4.38. The molecule has 0 atom stereocenters. The predicted molar refractivity (Wildman–Crippen MR) is 144 cm³/mol. The molecule has 2 saturated heterocycles. The fourth-order valence-corrected chi connectivity index (χ4v) is 5.18. The molecule has 0 unspecified atom stereocenters. The molecule has 7 nitrogen and oxygen atoms in total. The highest BCUT2D eigenvalue weighted by Gasteiger charge is 2.22. The third-order valence-corrected chi connectivity index (χ3v) is 7.05. The second-order valence-corrected chi connectivity index (χ2v) is 9.06. The van der Waals surface area contributed by atoms with E-state index in [9.17, 15) is 0 Å². The van der Waals surface area contributed by atoms with Crippen LogP contribution in [-0.2, 0) is 19.5 Å².